The molecular formula is C3H8O4S. The van der Waals surface area contributed by atoms with Crippen LogP contribution in [0, 0.1) is 0 Å². The van der Waals surface area contributed by atoms with Crippen LogP contribution >= 0.6 is 0 Å². The molecule has 0 aromatic heterocycles. The second kappa shape index (κ2) is 3.01. The fourth-order valence-electron chi connectivity index (χ4n) is 0.189. The predicted molar refractivity (Wildman–Crippen MR) is 27.9 cm³/mol. The predicted octanol–water partition coefficient (Wildman–Crippen LogP) is -1.05. The van der Waals surface area contributed by atoms with Gasteiger partial charge in [-0.15, -0.1) is 0 Å². The molecule has 0 saturated carbocycles. The zero-order valence-corrected chi connectivity index (χ0v) is 5.31. The third-order valence-corrected chi connectivity index (χ3v) is 0.984. The summed E-state index contributed by atoms with van der Waals surface area (Å²) in [6.45, 7) is -0.425. The Kier molecular flexibility index (Phi) is 2.96. The highest BCUT2D eigenvalue weighted by atomic mass is 32.2. The highest BCUT2D eigenvalue weighted by Crippen LogP contribution is 1.82. The van der Waals surface area contributed by atoms with E-state index in [1.54, 1.807) is 0 Å². The smallest absolute Gasteiger partial charge is 0.264 e. The zero-order chi connectivity index (χ0) is 6.62. The Hall–Kier alpha value is -0.130. The minimum atomic E-state index is -3.35. The molecule has 0 fully saturated rings. The van der Waals surface area contributed by atoms with Crippen molar-refractivity contribution in [3.8, 4) is 0 Å². The van der Waals surface area contributed by atoms with Crippen molar-refractivity contribution >= 4 is 10.1 Å². The first-order chi connectivity index (χ1) is 3.56. The summed E-state index contributed by atoms with van der Waals surface area (Å²) < 4.78 is 24.2. The first-order valence-electron chi connectivity index (χ1n) is 2.01. The van der Waals surface area contributed by atoms with Crippen LogP contribution < -0.4 is 0 Å². The molecule has 0 aromatic carbocycles. The fraction of sp³-hybridized carbons (Fsp3) is 1.00. The first kappa shape index (κ1) is 7.87. The highest BCUT2D eigenvalue weighted by molar-refractivity contribution is 7.85. The molecule has 0 rings (SSSR count). The van der Waals surface area contributed by atoms with Crippen LogP contribution in [0.4, 0.5) is 0 Å². The van der Waals surface area contributed by atoms with Gasteiger partial charge in [-0.1, -0.05) is 0 Å². The molecule has 4 nitrogen and oxygen atoms in total. The van der Waals surface area contributed by atoms with Crippen LogP contribution in [0.3, 0.4) is 0 Å². The number of hydrogen-bond acceptors (Lipinski definition) is 4. The minimum absolute atomic E-state index is 0.154. The van der Waals surface area contributed by atoms with Gasteiger partial charge < -0.3 is 5.11 Å². The SMILES string of the molecule is CS(=O)(=O)OCCO. The molecule has 0 amide bonds. The normalized spacial score (nSPS) is 11.8. The van der Waals surface area contributed by atoms with Gasteiger partial charge in [0.25, 0.3) is 10.1 Å². The fourth-order valence-corrected chi connectivity index (χ4v) is 0.566. The number of aliphatic hydroxyl groups excluding tert-OH is 1. The van der Waals surface area contributed by atoms with Crippen molar-refractivity contribution in [2.24, 2.45) is 0 Å². The molecule has 0 aliphatic carbocycles. The van der Waals surface area contributed by atoms with Crippen LogP contribution in [0.2, 0.25) is 0 Å². The lowest BCUT2D eigenvalue weighted by molar-refractivity contribution is 0.206. The topological polar surface area (TPSA) is 63.6 Å². The van der Waals surface area contributed by atoms with Crippen molar-refractivity contribution in [2.45, 2.75) is 0 Å². The van der Waals surface area contributed by atoms with Crippen LogP contribution in [0.5, 0.6) is 0 Å². The molecule has 0 radical (unpaired) electrons. The summed E-state index contributed by atoms with van der Waals surface area (Å²) in [5, 5.41) is 8.04. The molecule has 1 N–H and O–H groups in total. The van der Waals surface area contributed by atoms with E-state index in [0.29, 0.717) is 0 Å². The second-order valence-electron chi connectivity index (χ2n) is 1.25. The molecule has 0 heterocycles. The van der Waals surface area contributed by atoms with Crippen LogP contribution in [0.25, 0.3) is 0 Å². The van der Waals surface area contributed by atoms with E-state index >= 15 is 0 Å². The second-order valence-corrected chi connectivity index (χ2v) is 2.89. The van der Waals surface area contributed by atoms with E-state index in [4.69, 9.17) is 5.11 Å². The summed E-state index contributed by atoms with van der Waals surface area (Å²) >= 11 is 0. The lowest BCUT2D eigenvalue weighted by atomic mass is 10.8. The van der Waals surface area contributed by atoms with Gasteiger partial charge in [-0.25, -0.2) is 0 Å². The van der Waals surface area contributed by atoms with Crippen molar-refractivity contribution in [1.82, 2.24) is 0 Å². The van der Waals surface area contributed by atoms with E-state index in [1.165, 1.54) is 0 Å². The maximum atomic E-state index is 10.1. The van der Waals surface area contributed by atoms with Crippen LogP contribution in [-0.4, -0.2) is 33.0 Å². The van der Waals surface area contributed by atoms with E-state index in [2.05, 4.69) is 4.18 Å². The van der Waals surface area contributed by atoms with Gasteiger partial charge >= 0.3 is 0 Å². The Labute approximate surface area is 48.2 Å². The Morgan fingerprint density at radius 1 is 1.62 bits per heavy atom. The molecule has 8 heavy (non-hydrogen) atoms. The van der Waals surface area contributed by atoms with Gasteiger partial charge in [0, 0.05) is 0 Å². The zero-order valence-electron chi connectivity index (χ0n) is 4.49. The number of rotatable bonds is 3. The van der Waals surface area contributed by atoms with Crippen LogP contribution in [0.1, 0.15) is 0 Å². The largest absolute Gasteiger partial charge is 0.394 e. The molecule has 5 heteroatoms. The Balaban J connectivity index is 3.42. The molecule has 0 bridgehead atoms. The average Bonchev–Trinajstić information content (AvgIpc) is 1.59. The van der Waals surface area contributed by atoms with Gasteiger partial charge in [0.1, 0.15) is 0 Å². The molecule has 0 aromatic rings. The summed E-state index contributed by atoms with van der Waals surface area (Å²) in [5.41, 5.74) is 0. The van der Waals surface area contributed by atoms with Crippen molar-refractivity contribution in [2.75, 3.05) is 19.5 Å². The van der Waals surface area contributed by atoms with E-state index in [9.17, 15) is 8.42 Å². The lowest BCUT2D eigenvalue weighted by Crippen LogP contribution is -2.06. The maximum Gasteiger partial charge on any atom is 0.264 e. The minimum Gasteiger partial charge on any atom is -0.394 e. The van der Waals surface area contributed by atoms with Crippen molar-refractivity contribution in [3.63, 3.8) is 0 Å². The van der Waals surface area contributed by atoms with E-state index in [1.807, 2.05) is 0 Å². The van der Waals surface area contributed by atoms with E-state index in [-0.39, 0.29) is 13.2 Å². The van der Waals surface area contributed by atoms with E-state index < -0.39 is 10.1 Å². The summed E-state index contributed by atoms with van der Waals surface area (Å²) in [4.78, 5) is 0. The van der Waals surface area contributed by atoms with Gasteiger partial charge in [-0.3, -0.25) is 4.18 Å². The molecule has 0 atom stereocenters. The first-order valence-corrected chi connectivity index (χ1v) is 3.83. The van der Waals surface area contributed by atoms with Gasteiger partial charge in [-0.2, -0.15) is 8.42 Å². The average molecular weight is 140 g/mol. The van der Waals surface area contributed by atoms with Crippen molar-refractivity contribution < 1.29 is 17.7 Å². The standard InChI is InChI=1S/C3H8O4S/c1-8(5,6)7-3-2-4/h4H,2-3H2,1H3. The van der Waals surface area contributed by atoms with Crippen LogP contribution in [-0.2, 0) is 14.3 Å². The number of aliphatic hydroxyl groups is 1. The van der Waals surface area contributed by atoms with Gasteiger partial charge in [0.2, 0.25) is 0 Å². The molecule has 0 aliphatic rings. The van der Waals surface area contributed by atoms with Gasteiger partial charge in [-0.05, 0) is 0 Å². The molecule has 50 valence electrons. The molecular weight excluding hydrogens is 132 g/mol. The Morgan fingerprint density at radius 3 is 2.25 bits per heavy atom. The van der Waals surface area contributed by atoms with Crippen molar-refractivity contribution in [3.05, 3.63) is 0 Å². The monoisotopic (exact) mass is 140 g/mol. The molecule has 0 saturated heterocycles. The highest BCUT2D eigenvalue weighted by Gasteiger charge is 1.97. The number of hydrogen-bond donors (Lipinski definition) is 1. The third-order valence-electron chi connectivity index (χ3n) is 0.389. The molecule has 0 aliphatic heterocycles. The summed E-state index contributed by atoms with van der Waals surface area (Å²) in [7, 11) is -3.35. The Morgan fingerprint density at radius 2 is 2.12 bits per heavy atom. The quantitative estimate of drug-likeness (QED) is 0.508. The van der Waals surface area contributed by atoms with Crippen molar-refractivity contribution in [1.29, 1.82) is 0 Å². The molecule has 0 spiro atoms. The lowest BCUT2D eigenvalue weighted by Gasteiger charge is -1.93. The maximum absolute atomic E-state index is 10.1. The molecule has 0 unspecified atom stereocenters. The van der Waals surface area contributed by atoms with Gasteiger partial charge in [0.15, 0.2) is 0 Å². The summed E-state index contributed by atoms with van der Waals surface area (Å²) in [6, 6.07) is 0. The van der Waals surface area contributed by atoms with Gasteiger partial charge in [0.05, 0.1) is 19.5 Å². The third kappa shape index (κ3) is 5.87. The summed E-state index contributed by atoms with van der Waals surface area (Å²) in [6.07, 6.45) is 0.933. The van der Waals surface area contributed by atoms with E-state index in [0.717, 1.165) is 6.26 Å². The Bertz CT molecular complexity index is 135. The van der Waals surface area contributed by atoms with Crippen LogP contribution in [0.15, 0.2) is 0 Å². The summed E-state index contributed by atoms with van der Waals surface area (Å²) in [5.74, 6) is 0.